The van der Waals surface area contributed by atoms with Crippen LogP contribution in [0, 0.1) is 0 Å². The third-order valence-electron chi connectivity index (χ3n) is 2.74. The van der Waals surface area contributed by atoms with Crippen LogP contribution in [0.1, 0.15) is 32.1 Å². The van der Waals surface area contributed by atoms with Crippen molar-refractivity contribution >= 4 is 5.97 Å². The zero-order chi connectivity index (χ0) is 14.0. The van der Waals surface area contributed by atoms with Gasteiger partial charge in [0.05, 0.1) is 12.8 Å². The molecule has 0 aliphatic carbocycles. The summed E-state index contributed by atoms with van der Waals surface area (Å²) in [5, 5.41) is 18.3. The van der Waals surface area contributed by atoms with Crippen LogP contribution in [0.15, 0.2) is 12.2 Å². The third-order valence-corrected chi connectivity index (χ3v) is 2.74. The quantitative estimate of drug-likeness (QED) is 0.413. The van der Waals surface area contributed by atoms with Gasteiger partial charge in [-0.3, -0.25) is 9.18 Å². The van der Waals surface area contributed by atoms with Crippen molar-refractivity contribution in [3.8, 4) is 0 Å². The normalized spacial score (nSPS) is 16.7. The molecule has 0 aliphatic heterocycles. The van der Waals surface area contributed by atoms with Crippen LogP contribution in [0.2, 0.25) is 0 Å². The number of rotatable bonds is 10. The molecule has 0 aromatic rings. The fourth-order valence-electron chi connectivity index (χ4n) is 1.39. The zero-order valence-corrected chi connectivity index (χ0v) is 10.3. The van der Waals surface area contributed by atoms with Crippen molar-refractivity contribution in [3.05, 3.63) is 12.2 Å². The van der Waals surface area contributed by atoms with Gasteiger partial charge in [-0.25, -0.2) is 4.39 Å². The number of hydrogen-bond donors (Lipinski definition) is 3. The SMILES string of the molecule is NC(CF)(C(=O)O)C(O)CCC=CCCCCF. The summed E-state index contributed by atoms with van der Waals surface area (Å²) in [6.45, 7) is -1.65. The third kappa shape index (κ3) is 5.55. The molecule has 0 aromatic carbocycles. The largest absolute Gasteiger partial charge is 0.480 e. The molecule has 2 unspecified atom stereocenters. The van der Waals surface area contributed by atoms with Crippen LogP contribution in [0.25, 0.3) is 0 Å². The Morgan fingerprint density at radius 1 is 1.28 bits per heavy atom. The van der Waals surface area contributed by atoms with Crippen molar-refractivity contribution in [2.45, 2.75) is 43.7 Å². The van der Waals surface area contributed by atoms with Gasteiger partial charge in [-0.05, 0) is 32.1 Å². The average molecular weight is 265 g/mol. The van der Waals surface area contributed by atoms with Crippen molar-refractivity contribution in [1.82, 2.24) is 0 Å². The number of aliphatic carboxylic acids is 1. The molecule has 106 valence electrons. The van der Waals surface area contributed by atoms with E-state index < -0.39 is 24.3 Å². The topological polar surface area (TPSA) is 83.6 Å². The minimum absolute atomic E-state index is 0.0757. The molecule has 0 aliphatic rings. The maximum atomic E-state index is 12.5. The minimum Gasteiger partial charge on any atom is -0.480 e. The van der Waals surface area contributed by atoms with E-state index in [0.29, 0.717) is 12.8 Å². The van der Waals surface area contributed by atoms with E-state index in [0.717, 1.165) is 12.8 Å². The summed E-state index contributed by atoms with van der Waals surface area (Å²) in [7, 11) is 0. The number of hydrogen-bond acceptors (Lipinski definition) is 3. The summed E-state index contributed by atoms with van der Waals surface area (Å²) < 4.78 is 24.3. The Bertz CT molecular complexity index is 274. The van der Waals surface area contributed by atoms with E-state index in [1.54, 1.807) is 6.08 Å². The van der Waals surface area contributed by atoms with Crippen LogP contribution >= 0.6 is 0 Å². The highest BCUT2D eigenvalue weighted by Gasteiger charge is 2.41. The summed E-state index contributed by atoms with van der Waals surface area (Å²) in [6.07, 6.45) is 4.62. The van der Waals surface area contributed by atoms with Crippen LogP contribution in [-0.2, 0) is 4.79 Å². The van der Waals surface area contributed by atoms with Crippen LogP contribution in [0.4, 0.5) is 8.78 Å². The van der Waals surface area contributed by atoms with Crippen molar-refractivity contribution in [1.29, 1.82) is 0 Å². The number of carboxylic acids is 1. The molecule has 0 radical (unpaired) electrons. The van der Waals surface area contributed by atoms with Crippen LogP contribution < -0.4 is 5.73 Å². The Morgan fingerprint density at radius 3 is 2.39 bits per heavy atom. The molecule has 2 atom stereocenters. The maximum absolute atomic E-state index is 12.5. The summed E-state index contributed by atoms with van der Waals surface area (Å²) in [5.41, 5.74) is 3.04. The van der Waals surface area contributed by atoms with Crippen molar-refractivity contribution in [3.63, 3.8) is 0 Å². The van der Waals surface area contributed by atoms with E-state index in [4.69, 9.17) is 10.8 Å². The summed E-state index contributed by atoms with van der Waals surface area (Å²) in [5.74, 6) is -1.55. The first-order chi connectivity index (χ1) is 8.49. The maximum Gasteiger partial charge on any atom is 0.329 e. The number of carboxylic acid groups (broad SMARTS) is 1. The molecule has 0 heterocycles. The summed E-state index contributed by atoms with van der Waals surface area (Å²) in [6, 6.07) is 0. The van der Waals surface area contributed by atoms with E-state index in [9.17, 15) is 18.7 Å². The second kappa shape index (κ2) is 8.99. The van der Waals surface area contributed by atoms with Crippen molar-refractivity contribution in [2.24, 2.45) is 5.73 Å². The molecule has 0 saturated heterocycles. The first-order valence-corrected chi connectivity index (χ1v) is 5.96. The average Bonchev–Trinajstić information content (AvgIpc) is 2.36. The van der Waals surface area contributed by atoms with Crippen molar-refractivity contribution < 1.29 is 23.8 Å². The number of aliphatic hydroxyl groups is 1. The Kier molecular flexibility index (Phi) is 8.49. The Balaban J connectivity index is 3.95. The lowest BCUT2D eigenvalue weighted by Gasteiger charge is -2.26. The summed E-state index contributed by atoms with van der Waals surface area (Å²) >= 11 is 0. The van der Waals surface area contributed by atoms with Crippen LogP contribution in [0.5, 0.6) is 0 Å². The minimum atomic E-state index is -2.23. The second-order valence-electron chi connectivity index (χ2n) is 4.23. The lowest BCUT2D eigenvalue weighted by atomic mass is 9.92. The fourth-order valence-corrected chi connectivity index (χ4v) is 1.39. The van der Waals surface area contributed by atoms with Crippen LogP contribution in [-0.4, -0.2) is 41.2 Å². The molecule has 0 rings (SSSR count). The molecule has 4 N–H and O–H groups in total. The first kappa shape index (κ1) is 17.0. The Labute approximate surface area is 105 Å². The zero-order valence-electron chi connectivity index (χ0n) is 10.3. The predicted molar refractivity (Wildman–Crippen MR) is 64.7 cm³/mol. The number of unbranched alkanes of at least 4 members (excludes halogenated alkanes) is 2. The molecule has 0 saturated carbocycles. The van der Waals surface area contributed by atoms with Gasteiger partial charge < -0.3 is 15.9 Å². The molecule has 6 heteroatoms. The lowest BCUT2D eigenvalue weighted by Crippen LogP contribution is -2.59. The first-order valence-electron chi connectivity index (χ1n) is 5.96. The van der Waals surface area contributed by atoms with Gasteiger partial charge >= 0.3 is 5.97 Å². The number of aliphatic hydroxyl groups excluding tert-OH is 1. The smallest absolute Gasteiger partial charge is 0.329 e. The number of allylic oxidation sites excluding steroid dienone is 2. The Morgan fingerprint density at radius 2 is 1.89 bits per heavy atom. The van der Waals surface area contributed by atoms with Gasteiger partial charge in [-0.1, -0.05) is 12.2 Å². The molecular formula is C12H21F2NO3. The van der Waals surface area contributed by atoms with Gasteiger partial charge in [0, 0.05) is 0 Å². The van der Waals surface area contributed by atoms with Gasteiger partial charge in [0.2, 0.25) is 0 Å². The highest BCUT2D eigenvalue weighted by atomic mass is 19.1. The van der Waals surface area contributed by atoms with E-state index in [1.807, 2.05) is 6.08 Å². The van der Waals surface area contributed by atoms with Crippen molar-refractivity contribution in [2.75, 3.05) is 13.3 Å². The van der Waals surface area contributed by atoms with Gasteiger partial charge in [0.15, 0.2) is 5.54 Å². The monoisotopic (exact) mass is 265 g/mol. The molecule has 0 amide bonds. The summed E-state index contributed by atoms with van der Waals surface area (Å²) in [4.78, 5) is 10.7. The highest BCUT2D eigenvalue weighted by molar-refractivity contribution is 5.79. The molecule has 18 heavy (non-hydrogen) atoms. The van der Waals surface area contributed by atoms with Gasteiger partial charge in [0.1, 0.15) is 6.67 Å². The predicted octanol–water partition coefficient (Wildman–Crippen LogP) is 1.58. The Hall–Kier alpha value is -1.01. The van der Waals surface area contributed by atoms with E-state index in [1.165, 1.54) is 0 Å². The fraction of sp³-hybridized carbons (Fsp3) is 0.750. The van der Waals surface area contributed by atoms with Crippen LogP contribution in [0.3, 0.4) is 0 Å². The molecular weight excluding hydrogens is 244 g/mol. The second-order valence-corrected chi connectivity index (χ2v) is 4.23. The number of nitrogens with two attached hydrogens (primary N) is 1. The highest BCUT2D eigenvalue weighted by Crippen LogP contribution is 2.14. The van der Waals surface area contributed by atoms with E-state index >= 15 is 0 Å². The molecule has 0 aromatic heterocycles. The lowest BCUT2D eigenvalue weighted by molar-refractivity contribution is -0.149. The number of carbonyl (C=O) groups is 1. The van der Waals surface area contributed by atoms with Gasteiger partial charge in [0.25, 0.3) is 0 Å². The van der Waals surface area contributed by atoms with Gasteiger partial charge in [-0.2, -0.15) is 0 Å². The number of alkyl halides is 2. The van der Waals surface area contributed by atoms with E-state index in [-0.39, 0.29) is 13.1 Å². The van der Waals surface area contributed by atoms with Gasteiger partial charge in [-0.15, -0.1) is 0 Å². The molecule has 0 fully saturated rings. The standard InChI is InChI=1S/C12H21F2NO3/c13-8-6-4-2-1-3-5-7-10(16)12(15,9-14)11(17)18/h1,3,10,16H,2,4-9,15H2,(H,17,18). The molecule has 0 bridgehead atoms. The molecule has 4 nitrogen and oxygen atoms in total. The molecule has 0 spiro atoms. The number of halogens is 2. The van der Waals surface area contributed by atoms with E-state index in [2.05, 4.69) is 0 Å².